The van der Waals surface area contributed by atoms with Crippen molar-refractivity contribution in [1.29, 1.82) is 0 Å². The second-order valence-electron chi connectivity index (χ2n) is 3.98. The van der Waals surface area contributed by atoms with E-state index < -0.39 is 0 Å². The molecule has 2 rings (SSSR count). The van der Waals surface area contributed by atoms with Crippen molar-refractivity contribution in [3.05, 3.63) is 39.9 Å². The van der Waals surface area contributed by atoms with Crippen molar-refractivity contribution in [2.75, 3.05) is 0 Å². The average molecular weight is 329 g/mol. The lowest BCUT2D eigenvalue weighted by Gasteiger charge is -2.08. The van der Waals surface area contributed by atoms with E-state index in [1.54, 1.807) is 0 Å². The first-order valence-corrected chi connectivity index (χ1v) is 7.31. The number of halogens is 2. The number of aryl methyl sites for hydroxylation is 2. The normalized spacial score (nSPS) is 10.9. The molecule has 0 aliphatic rings. The minimum atomic E-state index is 0.511. The SMILES string of the molecule is CCc1nc(CC)n(-c2ccc(CCl)cc2Br)n1. The maximum atomic E-state index is 5.83. The van der Waals surface area contributed by atoms with E-state index in [2.05, 4.69) is 39.9 Å². The van der Waals surface area contributed by atoms with Crippen molar-refractivity contribution in [1.82, 2.24) is 14.8 Å². The van der Waals surface area contributed by atoms with Crippen LogP contribution in [-0.4, -0.2) is 14.8 Å². The van der Waals surface area contributed by atoms with Gasteiger partial charge >= 0.3 is 0 Å². The van der Waals surface area contributed by atoms with Crippen LogP contribution in [0.4, 0.5) is 0 Å². The van der Waals surface area contributed by atoms with Crippen LogP contribution < -0.4 is 0 Å². The Morgan fingerprint density at radius 1 is 1.28 bits per heavy atom. The van der Waals surface area contributed by atoms with Gasteiger partial charge in [-0.15, -0.1) is 11.6 Å². The molecule has 1 heterocycles. The highest BCUT2D eigenvalue weighted by Gasteiger charge is 2.11. The number of benzene rings is 1. The van der Waals surface area contributed by atoms with E-state index in [4.69, 9.17) is 11.6 Å². The zero-order valence-corrected chi connectivity index (χ0v) is 12.8. The topological polar surface area (TPSA) is 30.7 Å². The fourth-order valence-electron chi connectivity index (χ4n) is 1.77. The number of nitrogens with zero attached hydrogens (tertiary/aromatic N) is 3. The molecule has 0 aliphatic carbocycles. The zero-order valence-electron chi connectivity index (χ0n) is 10.5. The maximum absolute atomic E-state index is 5.83. The first-order chi connectivity index (χ1) is 8.69. The summed E-state index contributed by atoms with van der Waals surface area (Å²) in [6.45, 7) is 4.14. The Kier molecular flexibility index (Phi) is 4.40. The average Bonchev–Trinajstić information content (AvgIpc) is 2.81. The van der Waals surface area contributed by atoms with Gasteiger partial charge in [0, 0.05) is 23.2 Å². The molecule has 0 atom stereocenters. The van der Waals surface area contributed by atoms with E-state index in [-0.39, 0.29) is 0 Å². The van der Waals surface area contributed by atoms with Crippen molar-refractivity contribution in [2.45, 2.75) is 32.6 Å². The second kappa shape index (κ2) is 5.85. The maximum Gasteiger partial charge on any atom is 0.151 e. The molecule has 0 saturated heterocycles. The molecule has 18 heavy (non-hydrogen) atoms. The number of rotatable bonds is 4. The largest absolute Gasteiger partial charge is 0.216 e. The summed E-state index contributed by atoms with van der Waals surface area (Å²) in [5.74, 6) is 2.36. The van der Waals surface area contributed by atoms with Crippen LogP contribution in [0.3, 0.4) is 0 Å². The molecule has 1 aromatic heterocycles. The van der Waals surface area contributed by atoms with Crippen LogP contribution in [0.5, 0.6) is 0 Å². The Morgan fingerprint density at radius 2 is 2.06 bits per heavy atom. The van der Waals surface area contributed by atoms with Gasteiger partial charge < -0.3 is 0 Å². The lowest BCUT2D eigenvalue weighted by molar-refractivity contribution is 0.787. The number of aromatic nitrogens is 3. The molecule has 1 aromatic carbocycles. The summed E-state index contributed by atoms with van der Waals surface area (Å²) in [7, 11) is 0. The Bertz CT molecular complexity index is 551. The Balaban J connectivity index is 2.50. The molecule has 0 amide bonds. The van der Waals surface area contributed by atoms with Gasteiger partial charge in [0.05, 0.1) is 5.69 Å². The van der Waals surface area contributed by atoms with E-state index in [9.17, 15) is 0 Å². The molecule has 2 aromatic rings. The molecule has 0 spiro atoms. The van der Waals surface area contributed by atoms with Crippen LogP contribution in [0, 0.1) is 0 Å². The predicted molar refractivity (Wildman–Crippen MR) is 77.4 cm³/mol. The van der Waals surface area contributed by atoms with Gasteiger partial charge in [0.2, 0.25) is 0 Å². The van der Waals surface area contributed by atoms with E-state index in [1.807, 2.05) is 22.9 Å². The molecule has 0 unspecified atom stereocenters. The van der Waals surface area contributed by atoms with Gasteiger partial charge in [-0.25, -0.2) is 9.67 Å². The third-order valence-corrected chi connectivity index (χ3v) is 3.69. The first kappa shape index (κ1) is 13.6. The summed E-state index contributed by atoms with van der Waals surface area (Å²) in [5, 5.41) is 4.53. The van der Waals surface area contributed by atoms with Gasteiger partial charge in [-0.2, -0.15) is 5.10 Å². The minimum absolute atomic E-state index is 0.511. The van der Waals surface area contributed by atoms with E-state index >= 15 is 0 Å². The first-order valence-electron chi connectivity index (χ1n) is 5.99. The standard InChI is InChI=1S/C13H15BrClN3/c1-3-12-16-13(4-2)18(17-12)11-6-5-9(8-15)7-10(11)14/h5-7H,3-4,8H2,1-2H3. The highest BCUT2D eigenvalue weighted by Crippen LogP contribution is 2.24. The van der Waals surface area contributed by atoms with Crippen molar-refractivity contribution in [3.63, 3.8) is 0 Å². The number of hydrogen-bond donors (Lipinski definition) is 0. The highest BCUT2D eigenvalue weighted by atomic mass is 79.9. The van der Waals surface area contributed by atoms with Gasteiger partial charge in [0.25, 0.3) is 0 Å². The molecule has 3 nitrogen and oxygen atoms in total. The van der Waals surface area contributed by atoms with Gasteiger partial charge in [0.1, 0.15) is 5.82 Å². The fourth-order valence-corrected chi connectivity index (χ4v) is 2.53. The Morgan fingerprint density at radius 3 is 2.61 bits per heavy atom. The molecule has 0 fully saturated rings. The highest BCUT2D eigenvalue weighted by molar-refractivity contribution is 9.10. The molecule has 0 saturated carbocycles. The third-order valence-electron chi connectivity index (χ3n) is 2.75. The van der Waals surface area contributed by atoms with Crippen molar-refractivity contribution in [3.8, 4) is 5.69 Å². The Labute approximate surface area is 120 Å². The third kappa shape index (κ3) is 2.59. The number of hydrogen-bond acceptors (Lipinski definition) is 2. The van der Waals surface area contributed by atoms with Crippen LogP contribution >= 0.6 is 27.5 Å². The molecule has 0 aliphatic heterocycles. The molecular weight excluding hydrogens is 314 g/mol. The van der Waals surface area contributed by atoms with Crippen molar-refractivity contribution in [2.24, 2.45) is 0 Å². The van der Waals surface area contributed by atoms with Crippen LogP contribution in [0.1, 0.15) is 31.1 Å². The number of alkyl halides is 1. The van der Waals surface area contributed by atoms with Crippen LogP contribution in [0.25, 0.3) is 5.69 Å². The predicted octanol–water partition coefficient (Wildman–Crippen LogP) is 3.89. The van der Waals surface area contributed by atoms with Crippen LogP contribution in [0.15, 0.2) is 22.7 Å². The van der Waals surface area contributed by atoms with Crippen LogP contribution in [0.2, 0.25) is 0 Å². The smallest absolute Gasteiger partial charge is 0.151 e. The summed E-state index contributed by atoms with van der Waals surface area (Å²) >= 11 is 9.40. The molecule has 5 heteroatoms. The van der Waals surface area contributed by atoms with Crippen LogP contribution in [-0.2, 0) is 18.7 Å². The second-order valence-corrected chi connectivity index (χ2v) is 5.10. The van der Waals surface area contributed by atoms with Crippen molar-refractivity contribution >= 4 is 27.5 Å². The molecular formula is C13H15BrClN3. The van der Waals surface area contributed by atoms with E-state index in [0.717, 1.165) is 40.2 Å². The lowest BCUT2D eigenvalue weighted by Crippen LogP contribution is -2.03. The molecule has 0 N–H and O–H groups in total. The van der Waals surface area contributed by atoms with Gasteiger partial charge in [0.15, 0.2) is 5.82 Å². The van der Waals surface area contributed by atoms with E-state index in [0.29, 0.717) is 5.88 Å². The van der Waals surface area contributed by atoms with E-state index in [1.165, 1.54) is 0 Å². The summed E-state index contributed by atoms with van der Waals surface area (Å²) in [5.41, 5.74) is 2.09. The minimum Gasteiger partial charge on any atom is -0.216 e. The summed E-state index contributed by atoms with van der Waals surface area (Å²) in [6, 6.07) is 6.06. The monoisotopic (exact) mass is 327 g/mol. The summed E-state index contributed by atoms with van der Waals surface area (Å²) in [4.78, 5) is 4.51. The van der Waals surface area contributed by atoms with Gasteiger partial charge in [-0.1, -0.05) is 19.9 Å². The van der Waals surface area contributed by atoms with Gasteiger partial charge in [-0.3, -0.25) is 0 Å². The van der Waals surface area contributed by atoms with Gasteiger partial charge in [-0.05, 0) is 33.6 Å². The fraction of sp³-hybridized carbons (Fsp3) is 0.385. The molecule has 0 bridgehead atoms. The quantitative estimate of drug-likeness (QED) is 0.797. The molecule has 96 valence electrons. The zero-order chi connectivity index (χ0) is 13.1. The lowest BCUT2D eigenvalue weighted by atomic mass is 10.2. The Hall–Kier alpha value is -0.870. The summed E-state index contributed by atoms with van der Waals surface area (Å²) in [6.07, 6.45) is 1.70. The van der Waals surface area contributed by atoms with Crippen molar-refractivity contribution < 1.29 is 0 Å². The molecule has 0 radical (unpaired) electrons. The summed E-state index contributed by atoms with van der Waals surface area (Å²) < 4.78 is 2.89.